The zero-order valence-electron chi connectivity index (χ0n) is 13.8. The maximum absolute atomic E-state index is 12.8. The third-order valence-corrected chi connectivity index (χ3v) is 4.57. The minimum atomic E-state index is -0.0707. The molecule has 23 heavy (non-hydrogen) atoms. The van der Waals surface area contributed by atoms with Crippen LogP contribution in [0.15, 0.2) is 48.7 Å². The van der Waals surface area contributed by atoms with Gasteiger partial charge in [0.25, 0.3) is 0 Å². The molecular weight excluding hydrogens is 286 g/mol. The molecule has 1 aromatic carbocycles. The Labute approximate surface area is 137 Å². The summed E-state index contributed by atoms with van der Waals surface area (Å²) in [6.45, 7) is 1.53. The Balaban J connectivity index is 1.63. The zero-order valence-corrected chi connectivity index (χ0v) is 13.8. The highest BCUT2D eigenvalue weighted by atomic mass is 16.2. The van der Waals surface area contributed by atoms with Crippen LogP contribution in [0.25, 0.3) is 0 Å². The lowest BCUT2D eigenvalue weighted by Crippen LogP contribution is -2.49. The molecule has 0 saturated carbocycles. The van der Waals surface area contributed by atoms with Gasteiger partial charge in [-0.05, 0) is 36.7 Å². The van der Waals surface area contributed by atoms with Crippen molar-refractivity contribution in [1.82, 2.24) is 14.8 Å². The van der Waals surface area contributed by atoms with Gasteiger partial charge in [0.15, 0.2) is 0 Å². The van der Waals surface area contributed by atoms with E-state index in [4.69, 9.17) is 0 Å². The number of aromatic nitrogens is 1. The first-order valence-corrected chi connectivity index (χ1v) is 8.07. The van der Waals surface area contributed by atoms with E-state index in [9.17, 15) is 4.79 Å². The highest BCUT2D eigenvalue weighted by Crippen LogP contribution is 2.22. The molecule has 0 saturated heterocycles. The van der Waals surface area contributed by atoms with Crippen molar-refractivity contribution in [2.45, 2.75) is 25.4 Å². The Hall–Kier alpha value is -2.20. The summed E-state index contributed by atoms with van der Waals surface area (Å²) in [5.74, 6) is 0.193. The number of likely N-dealkylation sites (N-methyl/N-ethyl adjacent to an activating group) is 2. The van der Waals surface area contributed by atoms with Crippen molar-refractivity contribution in [2.75, 3.05) is 20.6 Å². The number of amides is 1. The van der Waals surface area contributed by atoms with Crippen LogP contribution in [0.5, 0.6) is 0 Å². The van der Waals surface area contributed by atoms with Crippen molar-refractivity contribution in [3.63, 3.8) is 0 Å². The van der Waals surface area contributed by atoms with Crippen molar-refractivity contribution < 1.29 is 4.79 Å². The molecule has 0 spiro atoms. The van der Waals surface area contributed by atoms with Gasteiger partial charge in [-0.3, -0.25) is 14.7 Å². The van der Waals surface area contributed by atoms with Gasteiger partial charge in [0.1, 0.15) is 0 Å². The second-order valence-electron chi connectivity index (χ2n) is 6.23. The average Bonchev–Trinajstić information content (AvgIpc) is 2.59. The van der Waals surface area contributed by atoms with Crippen LogP contribution < -0.4 is 0 Å². The highest BCUT2D eigenvalue weighted by Gasteiger charge is 2.30. The number of nitrogens with zero attached hydrogens (tertiary/aromatic N) is 3. The molecule has 3 rings (SSSR count). The Morgan fingerprint density at radius 2 is 1.96 bits per heavy atom. The number of hydrogen-bond donors (Lipinski definition) is 0. The summed E-state index contributed by atoms with van der Waals surface area (Å²) < 4.78 is 0. The van der Waals surface area contributed by atoms with Gasteiger partial charge >= 0.3 is 0 Å². The fourth-order valence-corrected chi connectivity index (χ4v) is 3.12. The summed E-state index contributed by atoms with van der Waals surface area (Å²) in [7, 11) is 3.92. The summed E-state index contributed by atoms with van der Waals surface area (Å²) in [6, 6.07) is 14.2. The van der Waals surface area contributed by atoms with Crippen LogP contribution in [0.3, 0.4) is 0 Å². The van der Waals surface area contributed by atoms with Crippen molar-refractivity contribution >= 4 is 5.91 Å². The zero-order chi connectivity index (χ0) is 16.2. The van der Waals surface area contributed by atoms with Gasteiger partial charge in [0.05, 0.1) is 6.04 Å². The maximum atomic E-state index is 12.8. The molecule has 2 aromatic rings. The van der Waals surface area contributed by atoms with Crippen molar-refractivity contribution in [1.29, 1.82) is 0 Å². The molecular formula is C19H23N3O. The second kappa shape index (κ2) is 6.92. The lowest BCUT2D eigenvalue weighted by Gasteiger charge is -2.35. The standard InChI is InChI=1S/C19H23N3O/c1-21(12-10-17-9-5-6-11-20-17)19(23)18-13-15-7-3-4-8-16(15)14-22(18)2/h3-9,11,18H,10,12-14H2,1-2H3. The molecule has 1 unspecified atom stereocenters. The predicted molar refractivity (Wildman–Crippen MR) is 91.0 cm³/mol. The van der Waals surface area contributed by atoms with Crippen molar-refractivity contribution in [3.8, 4) is 0 Å². The Kier molecular flexibility index (Phi) is 4.72. The van der Waals surface area contributed by atoms with Gasteiger partial charge in [-0.25, -0.2) is 0 Å². The number of pyridine rings is 1. The van der Waals surface area contributed by atoms with Gasteiger partial charge in [-0.15, -0.1) is 0 Å². The van der Waals surface area contributed by atoms with Crippen LogP contribution in [0.1, 0.15) is 16.8 Å². The number of benzene rings is 1. The first-order chi connectivity index (χ1) is 11.1. The fraction of sp³-hybridized carbons (Fsp3) is 0.368. The quantitative estimate of drug-likeness (QED) is 0.868. The largest absolute Gasteiger partial charge is 0.344 e. The minimum Gasteiger partial charge on any atom is -0.344 e. The molecule has 0 aliphatic carbocycles. The summed E-state index contributed by atoms with van der Waals surface area (Å²) >= 11 is 0. The molecule has 0 fully saturated rings. The number of fused-ring (bicyclic) bond motifs is 1. The lowest BCUT2D eigenvalue weighted by atomic mass is 9.94. The molecule has 0 N–H and O–H groups in total. The van der Waals surface area contributed by atoms with Gasteiger partial charge in [-0.1, -0.05) is 30.3 Å². The predicted octanol–water partition coefficient (Wildman–Crippen LogP) is 2.14. The molecule has 0 radical (unpaired) electrons. The van der Waals surface area contributed by atoms with Crippen LogP contribution in [0.4, 0.5) is 0 Å². The normalized spacial score (nSPS) is 17.6. The Morgan fingerprint density at radius 3 is 2.70 bits per heavy atom. The topological polar surface area (TPSA) is 36.4 Å². The molecule has 1 atom stereocenters. The molecule has 120 valence electrons. The van der Waals surface area contributed by atoms with E-state index in [-0.39, 0.29) is 11.9 Å². The van der Waals surface area contributed by atoms with E-state index >= 15 is 0 Å². The van der Waals surface area contributed by atoms with Crippen LogP contribution >= 0.6 is 0 Å². The van der Waals surface area contributed by atoms with Crippen LogP contribution in [0.2, 0.25) is 0 Å². The van der Waals surface area contributed by atoms with Crippen molar-refractivity contribution in [2.24, 2.45) is 0 Å². The molecule has 1 aromatic heterocycles. The molecule has 2 heterocycles. The monoisotopic (exact) mass is 309 g/mol. The summed E-state index contributed by atoms with van der Waals surface area (Å²) in [5.41, 5.74) is 3.65. The highest BCUT2D eigenvalue weighted by molar-refractivity contribution is 5.82. The van der Waals surface area contributed by atoms with Crippen LogP contribution in [0, 0.1) is 0 Å². The van der Waals surface area contributed by atoms with E-state index in [1.54, 1.807) is 6.20 Å². The Morgan fingerprint density at radius 1 is 1.22 bits per heavy atom. The smallest absolute Gasteiger partial charge is 0.240 e. The van der Waals surface area contributed by atoms with Crippen LogP contribution in [-0.4, -0.2) is 47.4 Å². The molecule has 1 aliphatic rings. The third kappa shape index (κ3) is 3.59. The molecule has 1 amide bonds. The summed E-state index contributed by atoms with van der Waals surface area (Å²) in [5, 5.41) is 0. The van der Waals surface area contributed by atoms with E-state index in [0.717, 1.165) is 25.1 Å². The first-order valence-electron chi connectivity index (χ1n) is 8.07. The van der Waals surface area contributed by atoms with Gasteiger partial charge < -0.3 is 4.90 Å². The molecule has 0 bridgehead atoms. The van der Waals surface area contributed by atoms with E-state index in [0.29, 0.717) is 6.54 Å². The van der Waals surface area contributed by atoms with Gasteiger partial charge in [-0.2, -0.15) is 0 Å². The SMILES string of the molecule is CN(CCc1ccccn1)C(=O)C1Cc2ccccc2CN1C. The average molecular weight is 309 g/mol. The van der Waals surface area contributed by atoms with Gasteiger partial charge in [0.2, 0.25) is 5.91 Å². The summed E-state index contributed by atoms with van der Waals surface area (Å²) in [4.78, 5) is 21.1. The maximum Gasteiger partial charge on any atom is 0.240 e. The lowest BCUT2D eigenvalue weighted by molar-refractivity contribution is -0.135. The number of hydrogen-bond acceptors (Lipinski definition) is 3. The first kappa shape index (κ1) is 15.7. The van der Waals surface area contributed by atoms with Crippen LogP contribution in [-0.2, 0) is 24.2 Å². The van der Waals surface area contributed by atoms with E-state index in [2.05, 4.69) is 34.1 Å². The number of carbonyl (C=O) groups excluding carboxylic acids is 1. The van der Waals surface area contributed by atoms with E-state index < -0.39 is 0 Å². The van der Waals surface area contributed by atoms with E-state index in [1.807, 2.05) is 37.2 Å². The molecule has 4 nitrogen and oxygen atoms in total. The Bertz CT molecular complexity index is 671. The second-order valence-corrected chi connectivity index (χ2v) is 6.23. The van der Waals surface area contributed by atoms with Gasteiger partial charge in [0, 0.05) is 38.4 Å². The fourth-order valence-electron chi connectivity index (χ4n) is 3.12. The summed E-state index contributed by atoms with van der Waals surface area (Å²) in [6.07, 6.45) is 3.37. The minimum absolute atomic E-state index is 0.0707. The third-order valence-electron chi connectivity index (χ3n) is 4.57. The molecule has 4 heteroatoms. The van der Waals surface area contributed by atoms with Crippen molar-refractivity contribution in [3.05, 3.63) is 65.5 Å². The number of rotatable bonds is 4. The van der Waals surface area contributed by atoms with E-state index in [1.165, 1.54) is 11.1 Å². The molecule has 1 aliphatic heterocycles. The number of carbonyl (C=O) groups is 1.